The summed E-state index contributed by atoms with van der Waals surface area (Å²) >= 11 is 0. The minimum atomic E-state index is -4.72. The summed E-state index contributed by atoms with van der Waals surface area (Å²) in [7, 11) is -2.94. The number of hydrogen-bond acceptors (Lipinski definition) is 3. The Balaban J connectivity index is 3.43. The molecule has 17 heavy (non-hydrogen) atoms. The monoisotopic (exact) mass is 268 g/mol. The Morgan fingerprint density at radius 2 is 2.00 bits per heavy atom. The standard InChI is InChI=1S/C9H11F3N2O2S/c1-3-14(2)17(15,16)8-6-13-5-4-7(8)9(10,11)12/h4-6H,3H2,1-2H3. The zero-order valence-electron chi connectivity index (χ0n) is 9.19. The molecule has 8 heteroatoms. The number of nitrogens with zero attached hydrogens (tertiary/aromatic N) is 2. The van der Waals surface area contributed by atoms with E-state index in [0.717, 1.165) is 10.5 Å². The summed E-state index contributed by atoms with van der Waals surface area (Å²) < 4.78 is 62.4. The lowest BCUT2D eigenvalue weighted by atomic mass is 10.3. The van der Waals surface area contributed by atoms with Gasteiger partial charge in [-0.2, -0.15) is 13.2 Å². The summed E-state index contributed by atoms with van der Waals surface area (Å²) in [6, 6.07) is 0.649. The van der Waals surface area contributed by atoms with Gasteiger partial charge in [-0.05, 0) is 6.07 Å². The molecule has 0 unspecified atom stereocenters. The first kappa shape index (κ1) is 13.9. The maximum Gasteiger partial charge on any atom is 0.417 e. The highest BCUT2D eigenvalue weighted by molar-refractivity contribution is 7.89. The average molecular weight is 268 g/mol. The smallest absolute Gasteiger partial charge is 0.263 e. The predicted octanol–water partition coefficient (Wildman–Crippen LogP) is 1.74. The molecule has 0 saturated heterocycles. The fraction of sp³-hybridized carbons (Fsp3) is 0.444. The molecule has 0 spiro atoms. The lowest BCUT2D eigenvalue weighted by molar-refractivity contribution is -0.140. The van der Waals surface area contributed by atoms with Gasteiger partial charge in [0, 0.05) is 26.0 Å². The van der Waals surface area contributed by atoms with Crippen molar-refractivity contribution in [2.75, 3.05) is 13.6 Å². The van der Waals surface area contributed by atoms with Crippen molar-refractivity contribution in [2.24, 2.45) is 0 Å². The maximum absolute atomic E-state index is 12.6. The molecule has 0 N–H and O–H groups in total. The molecule has 4 nitrogen and oxygen atoms in total. The number of halogens is 3. The summed E-state index contributed by atoms with van der Waals surface area (Å²) in [5.74, 6) is 0. The van der Waals surface area contributed by atoms with Crippen LogP contribution in [0.3, 0.4) is 0 Å². The van der Waals surface area contributed by atoms with E-state index in [1.54, 1.807) is 0 Å². The van der Waals surface area contributed by atoms with Crippen LogP contribution in [0.4, 0.5) is 13.2 Å². The third-order valence-electron chi connectivity index (χ3n) is 2.22. The molecule has 0 saturated carbocycles. The van der Waals surface area contributed by atoms with Gasteiger partial charge < -0.3 is 0 Å². The van der Waals surface area contributed by atoms with Gasteiger partial charge in [0.05, 0.1) is 5.56 Å². The Hall–Kier alpha value is -1.15. The molecule has 0 aliphatic carbocycles. The number of pyridine rings is 1. The zero-order chi connectivity index (χ0) is 13.3. The first-order valence-electron chi connectivity index (χ1n) is 4.68. The average Bonchev–Trinajstić information content (AvgIpc) is 2.26. The Labute approximate surface area is 97.1 Å². The van der Waals surface area contributed by atoms with Gasteiger partial charge in [0.1, 0.15) is 4.90 Å². The second-order valence-corrected chi connectivity index (χ2v) is 5.30. The summed E-state index contributed by atoms with van der Waals surface area (Å²) in [6.07, 6.45) is -3.10. The fourth-order valence-corrected chi connectivity index (χ4v) is 2.49. The van der Waals surface area contributed by atoms with Crippen molar-refractivity contribution in [3.8, 4) is 0 Å². The van der Waals surface area contributed by atoms with Crippen LogP contribution >= 0.6 is 0 Å². The van der Waals surface area contributed by atoms with Crippen LogP contribution in [0.15, 0.2) is 23.4 Å². The van der Waals surface area contributed by atoms with Crippen molar-refractivity contribution in [1.29, 1.82) is 0 Å². The van der Waals surface area contributed by atoms with Crippen molar-refractivity contribution >= 4 is 10.0 Å². The minimum Gasteiger partial charge on any atom is -0.263 e. The Kier molecular flexibility index (Phi) is 3.78. The highest BCUT2D eigenvalue weighted by Gasteiger charge is 2.38. The molecule has 0 radical (unpaired) electrons. The van der Waals surface area contributed by atoms with E-state index in [1.165, 1.54) is 14.0 Å². The van der Waals surface area contributed by atoms with E-state index in [4.69, 9.17) is 0 Å². The summed E-state index contributed by atoms with van der Waals surface area (Å²) in [4.78, 5) is 2.61. The van der Waals surface area contributed by atoms with Crippen molar-refractivity contribution in [1.82, 2.24) is 9.29 Å². The highest BCUT2D eigenvalue weighted by Crippen LogP contribution is 2.34. The van der Waals surface area contributed by atoms with E-state index < -0.39 is 26.7 Å². The van der Waals surface area contributed by atoms with E-state index in [-0.39, 0.29) is 6.54 Å². The molecule has 1 aromatic rings. The van der Waals surface area contributed by atoms with Crippen LogP contribution in [0, 0.1) is 0 Å². The summed E-state index contributed by atoms with van der Waals surface area (Å²) in [5.41, 5.74) is -1.20. The molecule has 96 valence electrons. The van der Waals surface area contributed by atoms with Crippen LogP contribution in [0.1, 0.15) is 12.5 Å². The third-order valence-corrected chi connectivity index (χ3v) is 4.18. The van der Waals surface area contributed by atoms with Gasteiger partial charge in [0.2, 0.25) is 10.0 Å². The van der Waals surface area contributed by atoms with Gasteiger partial charge in [-0.1, -0.05) is 6.92 Å². The van der Waals surface area contributed by atoms with Gasteiger partial charge in [0.15, 0.2) is 0 Å². The van der Waals surface area contributed by atoms with Gasteiger partial charge in [-0.25, -0.2) is 12.7 Å². The number of alkyl halides is 3. The Morgan fingerprint density at radius 1 is 1.41 bits per heavy atom. The third kappa shape index (κ3) is 2.75. The van der Waals surface area contributed by atoms with E-state index in [2.05, 4.69) is 4.98 Å². The molecule has 1 aromatic heterocycles. The van der Waals surface area contributed by atoms with Gasteiger partial charge >= 0.3 is 6.18 Å². The lowest BCUT2D eigenvalue weighted by Gasteiger charge is -2.18. The predicted molar refractivity (Wildman–Crippen MR) is 54.7 cm³/mol. The van der Waals surface area contributed by atoms with Crippen LogP contribution in [0.25, 0.3) is 0 Å². The minimum absolute atomic E-state index is 0.0779. The van der Waals surface area contributed by atoms with E-state index in [9.17, 15) is 21.6 Å². The second kappa shape index (κ2) is 4.61. The molecule has 0 aliphatic rings. The Bertz CT molecular complexity index is 499. The zero-order valence-corrected chi connectivity index (χ0v) is 10.0. The van der Waals surface area contributed by atoms with E-state index in [0.29, 0.717) is 12.3 Å². The van der Waals surface area contributed by atoms with Crippen molar-refractivity contribution in [2.45, 2.75) is 18.0 Å². The Morgan fingerprint density at radius 3 is 2.47 bits per heavy atom. The van der Waals surface area contributed by atoms with Crippen LogP contribution in [0.5, 0.6) is 0 Å². The molecule has 1 rings (SSSR count). The van der Waals surface area contributed by atoms with Crippen LogP contribution in [0.2, 0.25) is 0 Å². The van der Waals surface area contributed by atoms with Crippen molar-refractivity contribution < 1.29 is 21.6 Å². The molecule has 0 atom stereocenters. The van der Waals surface area contributed by atoms with Crippen LogP contribution in [-0.4, -0.2) is 31.3 Å². The van der Waals surface area contributed by atoms with E-state index >= 15 is 0 Å². The van der Waals surface area contributed by atoms with Crippen LogP contribution in [-0.2, 0) is 16.2 Å². The number of rotatable bonds is 3. The van der Waals surface area contributed by atoms with Crippen molar-refractivity contribution in [3.63, 3.8) is 0 Å². The summed E-state index contributed by atoms with van der Waals surface area (Å²) in [5, 5.41) is 0. The quantitative estimate of drug-likeness (QED) is 0.839. The normalized spacial score (nSPS) is 13.1. The maximum atomic E-state index is 12.6. The molecule has 0 aromatic carbocycles. The second-order valence-electron chi connectivity index (χ2n) is 3.29. The molecule has 0 aliphatic heterocycles. The number of hydrogen-bond donors (Lipinski definition) is 0. The summed E-state index contributed by atoms with van der Waals surface area (Å²) in [6.45, 7) is 1.61. The highest BCUT2D eigenvalue weighted by atomic mass is 32.2. The first-order valence-corrected chi connectivity index (χ1v) is 6.12. The fourth-order valence-electron chi connectivity index (χ4n) is 1.16. The topological polar surface area (TPSA) is 50.3 Å². The van der Waals surface area contributed by atoms with Gasteiger partial charge in [-0.3, -0.25) is 4.98 Å². The first-order chi connectivity index (χ1) is 7.71. The van der Waals surface area contributed by atoms with Crippen molar-refractivity contribution in [3.05, 3.63) is 24.0 Å². The molecule has 1 heterocycles. The SMILES string of the molecule is CCN(C)S(=O)(=O)c1cnccc1C(F)(F)F. The number of sulfonamides is 1. The molecule has 0 fully saturated rings. The largest absolute Gasteiger partial charge is 0.417 e. The molecular weight excluding hydrogens is 257 g/mol. The van der Waals surface area contributed by atoms with Gasteiger partial charge in [0.25, 0.3) is 0 Å². The lowest BCUT2D eigenvalue weighted by Crippen LogP contribution is -2.28. The van der Waals surface area contributed by atoms with E-state index in [1.807, 2.05) is 0 Å². The van der Waals surface area contributed by atoms with Crippen LogP contribution < -0.4 is 0 Å². The van der Waals surface area contributed by atoms with Gasteiger partial charge in [-0.15, -0.1) is 0 Å². The molecule has 0 bridgehead atoms. The molecule has 0 amide bonds. The number of aromatic nitrogens is 1. The molecular formula is C9H11F3N2O2S.